The highest BCUT2D eigenvalue weighted by atomic mass is 32.1. The number of carboxylic acids is 1. The molecule has 0 fully saturated rings. The van der Waals surface area contributed by atoms with Gasteiger partial charge in [0, 0.05) is 6.54 Å². The monoisotopic (exact) mass is 338 g/mol. The van der Waals surface area contributed by atoms with Gasteiger partial charge < -0.3 is 20.5 Å². The van der Waals surface area contributed by atoms with Crippen LogP contribution in [0.2, 0.25) is 0 Å². The predicted octanol–water partition coefficient (Wildman–Crippen LogP) is 2.47. The van der Waals surface area contributed by atoms with Crippen LogP contribution in [0, 0.1) is 0 Å². The molecule has 1 aromatic rings. The van der Waals surface area contributed by atoms with Gasteiger partial charge in [-0.3, -0.25) is 0 Å². The van der Waals surface area contributed by atoms with Gasteiger partial charge in [-0.15, -0.1) is 0 Å². The molecule has 0 aliphatic carbocycles. The smallest absolute Gasteiger partial charge is 0.408 e. The molecule has 126 valence electrons. The Morgan fingerprint density at radius 2 is 1.96 bits per heavy atom. The van der Waals surface area contributed by atoms with Crippen LogP contribution in [-0.2, 0) is 16.1 Å². The lowest BCUT2D eigenvalue weighted by molar-refractivity contribution is -0.139. The van der Waals surface area contributed by atoms with Crippen molar-refractivity contribution in [2.45, 2.75) is 38.8 Å². The van der Waals surface area contributed by atoms with Gasteiger partial charge in [0.1, 0.15) is 12.6 Å². The zero-order chi connectivity index (χ0) is 17.1. The summed E-state index contributed by atoms with van der Waals surface area (Å²) in [4.78, 5) is 23.6. The van der Waals surface area contributed by atoms with Crippen molar-refractivity contribution < 1.29 is 19.4 Å². The summed E-state index contributed by atoms with van der Waals surface area (Å²) >= 11 is 4.89. The van der Waals surface area contributed by atoms with Gasteiger partial charge in [-0.25, -0.2) is 9.59 Å². The minimum atomic E-state index is -1.07. The predicted molar refractivity (Wildman–Crippen MR) is 91.3 cm³/mol. The Bertz CT molecular complexity index is 522. The van der Waals surface area contributed by atoms with E-state index in [0.29, 0.717) is 24.4 Å². The average Bonchev–Trinajstić information content (AvgIpc) is 2.52. The van der Waals surface area contributed by atoms with Crippen LogP contribution in [-0.4, -0.2) is 34.7 Å². The number of ether oxygens (including phenoxy) is 1. The third-order valence-electron chi connectivity index (χ3n) is 3.10. The Kier molecular flexibility index (Phi) is 8.67. The molecular formula is C16H22N2O4S. The van der Waals surface area contributed by atoms with E-state index in [-0.39, 0.29) is 6.61 Å². The lowest BCUT2D eigenvalue weighted by Crippen LogP contribution is -2.41. The van der Waals surface area contributed by atoms with Crippen molar-refractivity contribution in [1.29, 1.82) is 0 Å². The van der Waals surface area contributed by atoms with E-state index in [9.17, 15) is 9.59 Å². The maximum Gasteiger partial charge on any atom is 0.408 e. The highest BCUT2D eigenvalue weighted by molar-refractivity contribution is 7.80. The molecule has 0 radical (unpaired) electrons. The Morgan fingerprint density at radius 1 is 1.26 bits per heavy atom. The number of benzene rings is 1. The maximum atomic E-state index is 11.7. The number of nitrogens with one attached hydrogen (secondary N) is 2. The fourth-order valence-corrected chi connectivity index (χ4v) is 2.00. The Hall–Kier alpha value is -2.15. The number of aliphatic carboxylic acids is 1. The van der Waals surface area contributed by atoms with Crippen LogP contribution in [0.1, 0.15) is 31.7 Å². The van der Waals surface area contributed by atoms with Crippen LogP contribution in [0.3, 0.4) is 0 Å². The van der Waals surface area contributed by atoms with E-state index in [1.807, 2.05) is 30.3 Å². The van der Waals surface area contributed by atoms with Crippen molar-refractivity contribution in [2.75, 3.05) is 6.54 Å². The van der Waals surface area contributed by atoms with E-state index < -0.39 is 18.1 Å². The van der Waals surface area contributed by atoms with Crippen LogP contribution in [0.25, 0.3) is 0 Å². The first kappa shape index (κ1) is 18.9. The molecule has 1 aromatic carbocycles. The maximum absolute atomic E-state index is 11.7. The van der Waals surface area contributed by atoms with Crippen LogP contribution in [0.5, 0.6) is 0 Å². The molecule has 0 aliphatic rings. The summed E-state index contributed by atoms with van der Waals surface area (Å²) in [6.07, 6.45) is 1.05. The molecule has 0 aromatic heterocycles. The second-order valence-electron chi connectivity index (χ2n) is 5.08. The van der Waals surface area contributed by atoms with Gasteiger partial charge in [0.25, 0.3) is 0 Å². The van der Waals surface area contributed by atoms with Crippen molar-refractivity contribution in [3.8, 4) is 0 Å². The molecular weight excluding hydrogens is 316 g/mol. The number of amides is 1. The summed E-state index contributed by atoms with van der Waals surface area (Å²) in [5.74, 6) is -1.07. The molecule has 1 rings (SSSR count). The van der Waals surface area contributed by atoms with Crippen LogP contribution < -0.4 is 10.6 Å². The average molecular weight is 338 g/mol. The van der Waals surface area contributed by atoms with Gasteiger partial charge in [0.15, 0.2) is 0 Å². The summed E-state index contributed by atoms with van der Waals surface area (Å²) in [7, 11) is 0. The van der Waals surface area contributed by atoms with Crippen molar-refractivity contribution in [3.05, 3.63) is 35.9 Å². The lowest BCUT2D eigenvalue weighted by atomic mass is 10.1. The summed E-state index contributed by atoms with van der Waals surface area (Å²) in [6, 6.07) is 8.25. The molecule has 1 atom stereocenters. The van der Waals surface area contributed by atoms with Crippen molar-refractivity contribution in [3.63, 3.8) is 0 Å². The first-order valence-electron chi connectivity index (χ1n) is 7.43. The quantitative estimate of drug-likeness (QED) is 0.474. The number of unbranched alkanes of at least 4 members (excludes halogenated alkanes) is 1. The SMILES string of the molecule is CC(=S)NCCCCC(NC(=O)OCc1ccccc1)C(=O)O. The summed E-state index contributed by atoms with van der Waals surface area (Å²) in [5, 5.41) is 14.5. The standard InChI is InChI=1S/C16H22N2O4S/c1-12(23)17-10-6-5-9-14(15(19)20)18-16(21)22-11-13-7-3-2-4-8-13/h2-4,7-8,14H,5-6,9-11H2,1H3,(H,17,23)(H,18,21)(H,19,20). The molecule has 0 heterocycles. The van der Waals surface area contributed by atoms with Crippen LogP contribution >= 0.6 is 12.2 Å². The van der Waals surface area contributed by atoms with E-state index >= 15 is 0 Å². The number of carboxylic acid groups (broad SMARTS) is 1. The zero-order valence-electron chi connectivity index (χ0n) is 13.1. The molecule has 23 heavy (non-hydrogen) atoms. The second kappa shape index (κ2) is 10.6. The third-order valence-corrected chi connectivity index (χ3v) is 3.24. The molecule has 7 heteroatoms. The van der Waals surface area contributed by atoms with E-state index in [2.05, 4.69) is 10.6 Å². The number of thiocarbonyl (C=S) groups is 1. The van der Waals surface area contributed by atoms with Gasteiger partial charge in [0.05, 0.1) is 4.99 Å². The second-order valence-corrected chi connectivity index (χ2v) is 5.69. The first-order valence-corrected chi connectivity index (χ1v) is 7.84. The third kappa shape index (κ3) is 8.77. The zero-order valence-corrected chi connectivity index (χ0v) is 13.9. The van der Waals surface area contributed by atoms with E-state index in [4.69, 9.17) is 22.1 Å². The fraction of sp³-hybridized carbons (Fsp3) is 0.438. The fourth-order valence-electron chi connectivity index (χ4n) is 1.90. The summed E-state index contributed by atoms with van der Waals surface area (Å²) in [5.41, 5.74) is 0.844. The Morgan fingerprint density at radius 3 is 2.57 bits per heavy atom. The van der Waals surface area contributed by atoms with E-state index in [1.54, 1.807) is 6.92 Å². The molecule has 0 spiro atoms. The molecule has 0 bridgehead atoms. The number of rotatable bonds is 9. The largest absolute Gasteiger partial charge is 0.480 e. The Labute approximate surface area is 141 Å². The first-order chi connectivity index (χ1) is 11.0. The highest BCUT2D eigenvalue weighted by Gasteiger charge is 2.20. The molecule has 0 saturated heterocycles. The van der Waals surface area contributed by atoms with Crippen molar-refractivity contribution >= 4 is 29.3 Å². The van der Waals surface area contributed by atoms with Gasteiger partial charge in [-0.2, -0.15) is 0 Å². The minimum absolute atomic E-state index is 0.108. The minimum Gasteiger partial charge on any atom is -0.480 e. The van der Waals surface area contributed by atoms with Crippen molar-refractivity contribution in [2.24, 2.45) is 0 Å². The number of alkyl carbamates (subject to hydrolysis) is 1. The molecule has 0 aliphatic heterocycles. The number of hydrogen-bond donors (Lipinski definition) is 3. The lowest BCUT2D eigenvalue weighted by Gasteiger charge is -2.14. The van der Waals surface area contributed by atoms with Gasteiger partial charge in [0.2, 0.25) is 0 Å². The van der Waals surface area contributed by atoms with E-state index in [1.165, 1.54) is 0 Å². The number of carbonyl (C=O) groups is 2. The molecule has 6 nitrogen and oxygen atoms in total. The van der Waals surface area contributed by atoms with Gasteiger partial charge >= 0.3 is 12.1 Å². The van der Waals surface area contributed by atoms with Gasteiger partial charge in [-0.05, 0) is 31.7 Å². The molecule has 1 amide bonds. The van der Waals surface area contributed by atoms with Crippen LogP contribution in [0.15, 0.2) is 30.3 Å². The molecule has 3 N–H and O–H groups in total. The van der Waals surface area contributed by atoms with Crippen LogP contribution in [0.4, 0.5) is 4.79 Å². The number of carbonyl (C=O) groups excluding carboxylic acids is 1. The topological polar surface area (TPSA) is 87.7 Å². The van der Waals surface area contributed by atoms with E-state index in [0.717, 1.165) is 12.0 Å². The highest BCUT2D eigenvalue weighted by Crippen LogP contribution is 2.04. The number of hydrogen-bond acceptors (Lipinski definition) is 4. The summed E-state index contributed by atoms with van der Waals surface area (Å²) < 4.78 is 5.02. The van der Waals surface area contributed by atoms with Crippen molar-refractivity contribution in [1.82, 2.24) is 10.6 Å². The molecule has 1 unspecified atom stereocenters. The normalized spacial score (nSPS) is 11.3. The van der Waals surface area contributed by atoms with Gasteiger partial charge in [-0.1, -0.05) is 42.5 Å². The summed E-state index contributed by atoms with van der Waals surface area (Å²) in [6.45, 7) is 2.59. The molecule has 0 saturated carbocycles. The Balaban J connectivity index is 2.29.